The molecule has 2 amide bonds. The molecule has 1 aromatic heterocycles. The smallest absolute Gasteiger partial charge is 0.286 e. The quantitative estimate of drug-likeness (QED) is 0.778. The summed E-state index contributed by atoms with van der Waals surface area (Å²) in [7, 11) is 0. The molecule has 0 radical (unpaired) electrons. The van der Waals surface area contributed by atoms with Crippen LogP contribution < -0.4 is 11.1 Å². The Bertz CT molecular complexity index is 931. The Morgan fingerprint density at radius 2 is 1.91 bits per heavy atom. The average molecular weight is 312 g/mol. The summed E-state index contributed by atoms with van der Waals surface area (Å²) >= 11 is 0. The number of hydrogen-bond acceptors (Lipinski definition) is 3. The molecule has 23 heavy (non-hydrogen) atoms. The molecular formula is C17H13FN2O3. The number of fused-ring (bicyclic) bond motifs is 1. The minimum Gasteiger partial charge on any atom is -0.448 e. The van der Waals surface area contributed by atoms with Crippen LogP contribution in [0.2, 0.25) is 0 Å². The van der Waals surface area contributed by atoms with E-state index in [1.165, 1.54) is 18.2 Å². The second-order valence-electron chi connectivity index (χ2n) is 5.09. The van der Waals surface area contributed by atoms with Crippen molar-refractivity contribution in [2.75, 3.05) is 5.32 Å². The molecule has 3 N–H and O–H groups in total. The Labute approximate surface area is 130 Å². The van der Waals surface area contributed by atoms with Crippen molar-refractivity contribution in [3.63, 3.8) is 0 Å². The molecule has 2 aromatic carbocycles. The van der Waals surface area contributed by atoms with Crippen LogP contribution in [-0.2, 0) is 0 Å². The highest BCUT2D eigenvalue weighted by Crippen LogP contribution is 2.33. The lowest BCUT2D eigenvalue weighted by Gasteiger charge is -2.05. The minimum absolute atomic E-state index is 0.127. The Morgan fingerprint density at radius 3 is 2.61 bits per heavy atom. The number of nitrogens with one attached hydrogen (secondary N) is 1. The lowest BCUT2D eigenvalue weighted by Crippen LogP contribution is -2.17. The van der Waals surface area contributed by atoms with E-state index in [1.807, 2.05) is 13.0 Å². The molecule has 0 aliphatic carbocycles. The summed E-state index contributed by atoms with van der Waals surface area (Å²) < 4.78 is 18.7. The molecule has 6 heteroatoms. The van der Waals surface area contributed by atoms with Gasteiger partial charge in [-0.25, -0.2) is 4.39 Å². The summed E-state index contributed by atoms with van der Waals surface area (Å²) in [5.41, 5.74) is 6.91. The van der Waals surface area contributed by atoms with E-state index in [4.69, 9.17) is 10.2 Å². The van der Waals surface area contributed by atoms with Gasteiger partial charge in [-0.1, -0.05) is 18.2 Å². The molecule has 1 heterocycles. The molecular weight excluding hydrogens is 299 g/mol. The van der Waals surface area contributed by atoms with Gasteiger partial charge in [0.2, 0.25) is 5.76 Å². The molecule has 116 valence electrons. The summed E-state index contributed by atoms with van der Waals surface area (Å²) in [5.74, 6) is -2.02. The number of furan rings is 1. The van der Waals surface area contributed by atoms with E-state index < -0.39 is 17.6 Å². The number of para-hydroxylation sites is 1. The van der Waals surface area contributed by atoms with Gasteiger partial charge in [-0.3, -0.25) is 9.59 Å². The van der Waals surface area contributed by atoms with Crippen LogP contribution in [-0.4, -0.2) is 11.8 Å². The third-order valence-electron chi connectivity index (χ3n) is 3.46. The lowest BCUT2D eigenvalue weighted by molar-refractivity contribution is 0.0977. The van der Waals surface area contributed by atoms with Crippen LogP contribution in [0, 0.1) is 12.7 Å². The third-order valence-corrected chi connectivity index (χ3v) is 3.46. The number of aryl methyl sites for hydroxylation is 1. The summed E-state index contributed by atoms with van der Waals surface area (Å²) in [4.78, 5) is 23.9. The van der Waals surface area contributed by atoms with Crippen LogP contribution in [0.5, 0.6) is 0 Å². The zero-order chi connectivity index (χ0) is 16.6. The van der Waals surface area contributed by atoms with Crippen LogP contribution in [0.15, 0.2) is 46.9 Å². The lowest BCUT2D eigenvalue weighted by atomic mass is 10.1. The largest absolute Gasteiger partial charge is 0.448 e. The van der Waals surface area contributed by atoms with Gasteiger partial charge in [-0.05, 0) is 36.8 Å². The molecule has 0 saturated carbocycles. The molecule has 0 aliphatic rings. The van der Waals surface area contributed by atoms with Crippen LogP contribution in [0.25, 0.3) is 11.0 Å². The van der Waals surface area contributed by atoms with Crippen molar-refractivity contribution < 1.29 is 18.4 Å². The van der Waals surface area contributed by atoms with Crippen molar-refractivity contribution in [2.24, 2.45) is 5.73 Å². The number of benzene rings is 2. The highest BCUT2D eigenvalue weighted by Gasteiger charge is 2.21. The maximum atomic E-state index is 13.2. The van der Waals surface area contributed by atoms with Crippen molar-refractivity contribution in [3.8, 4) is 0 Å². The number of carbonyl (C=O) groups excluding carboxylic acids is 2. The highest BCUT2D eigenvalue weighted by molar-refractivity contribution is 6.14. The number of primary amides is 1. The fourth-order valence-corrected chi connectivity index (χ4v) is 2.37. The van der Waals surface area contributed by atoms with E-state index in [9.17, 15) is 14.0 Å². The second-order valence-corrected chi connectivity index (χ2v) is 5.09. The second kappa shape index (κ2) is 5.57. The summed E-state index contributed by atoms with van der Waals surface area (Å²) in [6.45, 7) is 1.81. The van der Waals surface area contributed by atoms with E-state index >= 15 is 0 Å². The Balaban J connectivity index is 2.08. The summed E-state index contributed by atoms with van der Waals surface area (Å²) in [5, 5.41) is 3.14. The van der Waals surface area contributed by atoms with Crippen molar-refractivity contribution in [3.05, 3.63) is 65.2 Å². The predicted molar refractivity (Wildman–Crippen MR) is 83.8 cm³/mol. The standard InChI is InChI=1S/C17H13FN2O3/c1-9-4-2-7-12-13(15(16(19)21)23-14(9)12)20-17(22)10-5-3-6-11(18)8-10/h2-8H,1H3,(H2,19,21)(H,20,22). The first kappa shape index (κ1) is 14.8. The van der Waals surface area contributed by atoms with Gasteiger partial charge in [-0.2, -0.15) is 0 Å². The van der Waals surface area contributed by atoms with Crippen LogP contribution in [0.1, 0.15) is 26.5 Å². The minimum atomic E-state index is -0.796. The van der Waals surface area contributed by atoms with Crippen molar-refractivity contribution in [1.82, 2.24) is 0 Å². The van der Waals surface area contributed by atoms with Gasteiger partial charge in [0.05, 0.1) is 0 Å². The number of nitrogens with two attached hydrogens (primary N) is 1. The number of anilines is 1. The topological polar surface area (TPSA) is 85.3 Å². The predicted octanol–water partition coefficient (Wildman–Crippen LogP) is 3.23. The van der Waals surface area contributed by atoms with Gasteiger partial charge in [0.1, 0.15) is 17.1 Å². The molecule has 0 saturated heterocycles. The molecule has 0 atom stereocenters. The number of rotatable bonds is 3. The maximum absolute atomic E-state index is 13.2. The maximum Gasteiger partial charge on any atom is 0.286 e. The molecule has 0 unspecified atom stereocenters. The van der Waals surface area contributed by atoms with E-state index in [0.29, 0.717) is 11.0 Å². The van der Waals surface area contributed by atoms with E-state index in [0.717, 1.165) is 11.6 Å². The fraction of sp³-hybridized carbons (Fsp3) is 0.0588. The molecule has 0 aliphatic heterocycles. The van der Waals surface area contributed by atoms with Crippen LogP contribution in [0.4, 0.5) is 10.1 Å². The zero-order valence-electron chi connectivity index (χ0n) is 12.2. The number of halogens is 1. The Morgan fingerprint density at radius 1 is 1.17 bits per heavy atom. The third kappa shape index (κ3) is 2.66. The van der Waals surface area contributed by atoms with E-state index in [2.05, 4.69) is 5.32 Å². The highest BCUT2D eigenvalue weighted by atomic mass is 19.1. The summed E-state index contributed by atoms with van der Waals surface area (Å²) in [6, 6.07) is 10.5. The Hall–Kier alpha value is -3.15. The first-order valence-corrected chi connectivity index (χ1v) is 6.86. The molecule has 0 bridgehead atoms. The van der Waals surface area contributed by atoms with Gasteiger partial charge >= 0.3 is 0 Å². The van der Waals surface area contributed by atoms with Crippen LogP contribution in [0.3, 0.4) is 0 Å². The zero-order valence-corrected chi connectivity index (χ0v) is 12.2. The molecule has 3 aromatic rings. The monoisotopic (exact) mass is 312 g/mol. The van der Waals surface area contributed by atoms with E-state index in [1.54, 1.807) is 12.1 Å². The molecule has 5 nitrogen and oxygen atoms in total. The first-order valence-electron chi connectivity index (χ1n) is 6.86. The molecule has 0 fully saturated rings. The van der Waals surface area contributed by atoms with Gasteiger partial charge < -0.3 is 15.5 Å². The molecule has 3 rings (SSSR count). The van der Waals surface area contributed by atoms with Crippen molar-refractivity contribution >= 4 is 28.5 Å². The van der Waals surface area contributed by atoms with Crippen molar-refractivity contribution in [1.29, 1.82) is 0 Å². The summed E-state index contributed by atoms with van der Waals surface area (Å²) in [6.07, 6.45) is 0. The molecule has 0 spiro atoms. The van der Waals surface area contributed by atoms with Gasteiger partial charge in [0.25, 0.3) is 11.8 Å². The fourth-order valence-electron chi connectivity index (χ4n) is 2.37. The van der Waals surface area contributed by atoms with Gasteiger partial charge in [-0.15, -0.1) is 0 Å². The number of amides is 2. The first-order chi connectivity index (χ1) is 11.0. The Kier molecular flexibility index (Phi) is 3.57. The average Bonchev–Trinajstić information content (AvgIpc) is 2.88. The van der Waals surface area contributed by atoms with E-state index in [-0.39, 0.29) is 17.0 Å². The van der Waals surface area contributed by atoms with Gasteiger partial charge in [0, 0.05) is 10.9 Å². The SMILES string of the molecule is Cc1cccc2c(NC(=O)c3cccc(F)c3)c(C(N)=O)oc12. The van der Waals surface area contributed by atoms with Crippen molar-refractivity contribution in [2.45, 2.75) is 6.92 Å². The number of hydrogen-bond donors (Lipinski definition) is 2. The number of carbonyl (C=O) groups is 2. The van der Waals surface area contributed by atoms with Gasteiger partial charge in [0.15, 0.2) is 0 Å². The van der Waals surface area contributed by atoms with Crippen LogP contribution >= 0.6 is 0 Å². The normalized spacial score (nSPS) is 10.7.